The van der Waals surface area contributed by atoms with Crippen molar-refractivity contribution < 1.29 is 9.53 Å². The fraction of sp³-hybridized carbons (Fsp3) is 0.533. The lowest BCUT2D eigenvalue weighted by atomic mass is 10.0. The van der Waals surface area contributed by atoms with Crippen molar-refractivity contribution in [3.63, 3.8) is 0 Å². The maximum absolute atomic E-state index is 11.6. The zero-order valence-electron chi connectivity index (χ0n) is 12.2. The number of para-hydroxylation sites is 1. The summed E-state index contributed by atoms with van der Waals surface area (Å²) in [7, 11) is 1.35. The van der Waals surface area contributed by atoms with Crippen molar-refractivity contribution in [1.29, 1.82) is 0 Å². The van der Waals surface area contributed by atoms with E-state index in [9.17, 15) is 4.79 Å². The number of methoxy groups -OCH3 is 1. The van der Waals surface area contributed by atoms with Crippen molar-refractivity contribution in [2.24, 2.45) is 5.92 Å². The van der Waals surface area contributed by atoms with Gasteiger partial charge in [-0.3, -0.25) is 0 Å². The lowest BCUT2D eigenvalue weighted by Crippen LogP contribution is -2.18. The first-order valence-corrected chi connectivity index (χ1v) is 6.69. The SMILES string of the molecule is COC(=O)c1cccc(NC(C)CCC(C)C)c1N. The Kier molecular flexibility index (Phi) is 5.67. The molecule has 0 heterocycles. The molecule has 1 rings (SSSR count). The van der Waals surface area contributed by atoms with Gasteiger partial charge in [0, 0.05) is 6.04 Å². The Morgan fingerprint density at radius 2 is 2.00 bits per heavy atom. The van der Waals surface area contributed by atoms with Crippen molar-refractivity contribution in [1.82, 2.24) is 0 Å². The fourth-order valence-electron chi connectivity index (χ4n) is 1.90. The van der Waals surface area contributed by atoms with Gasteiger partial charge in [-0.15, -0.1) is 0 Å². The zero-order chi connectivity index (χ0) is 14.4. The molecule has 19 heavy (non-hydrogen) atoms. The minimum atomic E-state index is -0.406. The first kappa shape index (κ1) is 15.3. The van der Waals surface area contributed by atoms with Gasteiger partial charge in [0.2, 0.25) is 0 Å². The topological polar surface area (TPSA) is 64.3 Å². The number of ether oxygens (including phenoxy) is 1. The van der Waals surface area contributed by atoms with E-state index in [1.165, 1.54) is 7.11 Å². The van der Waals surface area contributed by atoms with Crippen LogP contribution >= 0.6 is 0 Å². The molecule has 0 aliphatic rings. The second-order valence-corrected chi connectivity index (χ2v) is 5.27. The first-order valence-electron chi connectivity index (χ1n) is 6.69. The van der Waals surface area contributed by atoms with E-state index in [1.54, 1.807) is 12.1 Å². The van der Waals surface area contributed by atoms with Gasteiger partial charge in [-0.05, 0) is 37.8 Å². The highest BCUT2D eigenvalue weighted by atomic mass is 16.5. The van der Waals surface area contributed by atoms with Crippen molar-refractivity contribution in [3.8, 4) is 0 Å². The number of rotatable bonds is 6. The summed E-state index contributed by atoms with van der Waals surface area (Å²) in [5, 5.41) is 3.35. The van der Waals surface area contributed by atoms with E-state index in [4.69, 9.17) is 10.5 Å². The highest BCUT2D eigenvalue weighted by Gasteiger charge is 2.13. The third-order valence-electron chi connectivity index (χ3n) is 3.09. The molecule has 1 unspecified atom stereocenters. The van der Waals surface area contributed by atoms with Gasteiger partial charge in [-0.25, -0.2) is 4.79 Å². The van der Waals surface area contributed by atoms with Gasteiger partial charge in [0.1, 0.15) is 0 Å². The fourth-order valence-corrected chi connectivity index (χ4v) is 1.90. The molecule has 1 aromatic rings. The number of carbonyl (C=O) groups excluding carboxylic acids is 1. The number of esters is 1. The molecular formula is C15H24N2O2. The molecule has 0 fully saturated rings. The number of anilines is 2. The van der Waals surface area contributed by atoms with Crippen molar-refractivity contribution >= 4 is 17.3 Å². The monoisotopic (exact) mass is 264 g/mol. The minimum absolute atomic E-state index is 0.317. The molecule has 0 bridgehead atoms. The number of hydrogen-bond acceptors (Lipinski definition) is 4. The number of carbonyl (C=O) groups is 1. The van der Waals surface area contributed by atoms with Gasteiger partial charge in [0.15, 0.2) is 0 Å². The molecule has 1 aromatic carbocycles. The van der Waals surface area contributed by atoms with Gasteiger partial charge >= 0.3 is 5.97 Å². The van der Waals surface area contributed by atoms with Gasteiger partial charge in [-0.1, -0.05) is 19.9 Å². The minimum Gasteiger partial charge on any atom is -0.465 e. The van der Waals surface area contributed by atoms with Gasteiger partial charge in [0.05, 0.1) is 24.0 Å². The smallest absolute Gasteiger partial charge is 0.340 e. The molecular weight excluding hydrogens is 240 g/mol. The molecule has 0 amide bonds. The van der Waals surface area contributed by atoms with Crippen molar-refractivity contribution in [2.75, 3.05) is 18.2 Å². The number of hydrogen-bond donors (Lipinski definition) is 2. The van der Waals surface area contributed by atoms with E-state index in [0.717, 1.165) is 18.5 Å². The number of nitrogen functional groups attached to an aromatic ring is 1. The maximum Gasteiger partial charge on any atom is 0.340 e. The van der Waals surface area contributed by atoms with E-state index >= 15 is 0 Å². The zero-order valence-corrected chi connectivity index (χ0v) is 12.2. The van der Waals surface area contributed by atoms with Crippen LogP contribution in [0.5, 0.6) is 0 Å². The Labute approximate surface area is 115 Å². The molecule has 0 aliphatic heterocycles. The van der Waals surface area contributed by atoms with Crippen LogP contribution in [-0.4, -0.2) is 19.1 Å². The Bertz CT molecular complexity index is 430. The van der Waals surface area contributed by atoms with Crippen molar-refractivity contribution in [2.45, 2.75) is 39.7 Å². The van der Waals surface area contributed by atoms with E-state index in [0.29, 0.717) is 23.2 Å². The highest BCUT2D eigenvalue weighted by Crippen LogP contribution is 2.25. The van der Waals surface area contributed by atoms with Crippen LogP contribution in [0.3, 0.4) is 0 Å². The Morgan fingerprint density at radius 3 is 2.58 bits per heavy atom. The molecule has 0 saturated carbocycles. The number of benzene rings is 1. The van der Waals surface area contributed by atoms with Crippen LogP contribution in [0.1, 0.15) is 44.0 Å². The summed E-state index contributed by atoms with van der Waals surface area (Å²) in [6.07, 6.45) is 2.23. The van der Waals surface area contributed by atoms with Crippen LogP contribution in [0.4, 0.5) is 11.4 Å². The lowest BCUT2D eigenvalue weighted by molar-refractivity contribution is 0.0602. The van der Waals surface area contributed by atoms with Crippen LogP contribution in [0.2, 0.25) is 0 Å². The second kappa shape index (κ2) is 7.02. The molecule has 0 aromatic heterocycles. The summed E-state index contributed by atoms with van der Waals surface area (Å²) in [6, 6.07) is 5.68. The van der Waals surface area contributed by atoms with E-state index in [1.807, 2.05) is 6.07 Å². The molecule has 0 radical (unpaired) electrons. The standard InChI is InChI=1S/C15H24N2O2/c1-10(2)8-9-11(3)17-13-7-5-6-12(14(13)16)15(18)19-4/h5-7,10-11,17H,8-9,16H2,1-4H3. The van der Waals surface area contributed by atoms with Crippen molar-refractivity contribution in [3.05, 3.63) is 23.8 Å². The van der Waals surface area contributed by atoms with Crippen LogP contribution < -0.4 is 11.1 Å². The number of nitrogens with two attached hydrogens (primary N) is 1. The first-order chi connectivity index (χ1) is 8.95. The van der Waals surface area contributed by atoms with E-state index in [2.05, 4.69) is 26.1 Å². The molecule has 0 aliphatic carbocycles. The van der Waals surface area contributed by atoms with Gasteiger partial charge in [-0.2, -0.15) is 0 Å². The summed E-state index contributed by atoms with van der Waals surface area (Å²) in [5.74, 6) is 0.277. The Morgan fingerprint density at radius 1 is 1.32 bits per heavy atom. The van der Waals surface area contributed by atoms with E-state index < -0.39 is 5.97 Å². The third kappa shape index (κ3) is 4.47. The maximum atomic E-state index is 11.6. The van der Waals surface area contributed by atoms with Crippen LogP contribution in [0, 0.1) is 5.92 Å². The summed E-state index contributed by atoms with van der Waals surface area (Å²) >= 11 is 0. The van der Waals surface area contributed by atoms with Gasteiger partial charge < -0.3 is 15.8 Å². The Hall–Kier alpha value is -1.71. The number of nitrogens with one attached hydrogen (secondary N) is 1. The molecule has 0 saturated heterocycles. The Balaban J connectivity index is 2.76. The lowest BCUT2D eigenvalue weighted by Gasteiger charge is -2.18. The molecule has 4 nitrogen and oxygen atoms in total. The summed E-state index contributed by atoms with van der Waals surface area (Å²) in [6.45, 7) is 6.53. The molecule has 106 valence electrons. The molecule has 0 spiro atoms. The molecule has 4 heteroatoms. The molecule has 3 N–H and O–H groups in total. The highest BCUT2D eigenvalue weighted by molar-refractivity contribution is 5.98. The predicted molar refractivity (Wildman–Crippen MR) is 79.4 cm³/mol. The van der Waals surface area contributed by atoms with Gasteiger partial charge in [0.25, 0.3) is 0 Å². The third-order valence-corrected chi connectivity index (χ3v) is 3.09. The quantitative estimate of drug-likeness (QED) is 0.611. The van der Waals surface area contributed by atoms with E-state index in [-0.39, 0.29) is 0 Å². The van der Waals surface area contributed by atoms with Crippen LogP contribution in [0.25, 0.3) is 0 Å². The van der Waals surface area contributed by atoms with Crippen LogP contribution in [0.15, 0.2) is 18.2 Å². The summed E-state index contributed by atoms with van der Waals surface area (Å²) in [4.78, 5) is 11.6. The summed E-state index contributed by atoms with van der Waals surface area (Å²) < 4.78 is 4.71. The van der Waals surface area contributed by atoms with Crippen LogP contribution in [-0.2, 0) is 4.74 Å². The average molecular weight is 264 g/mol. The summed E-state index contributed by atoms with van der Waals surface area (Å²) in [5.41, 5.74) is 7.65. The normalized spacial score (nSPS) is 12.3. The second-order valence-electron chi connectivity index (χ2n) is 5.27. The largest absolute Gasteiger partial charge is 0.465 e. The predicted octanol–water partition coefficient (Wildman–Crippen LogP) is 3.29. The average Bonchev–Trinajstić information content (AvgIpc) is 2.38. The molecule has 1 atom stereocenters.